The van der Waals surface area contributed by atoms with Gasteiger partial charge in [0.1, 0.15) is 0 Å². The van der Waals surface area contributed by atoms with Gasteiger partial charge in [-0.15, -0.1) is 0 Å². The Labute approximate surface area is 152 Å². The summed E-state index contributed by atoms with van der Waals surface area (Å²) in [4.78, 5) is 25.2. The summed E-state index contributed by atoms with van der Waals surface area (Å²) >= 11 is 0. The molecule has 1 unspecified atom stereocenters. The van der Waals surface area contributed by atoms with Crippen molar-refractivity contribution in [3.63, 3.8) is 0 Å². The van der Waals surface area contributed by atoms with Gasteiger partial charge in [-0.1, -0.05) is 30.3 Å². The molecule has 0 spiro atoms. The SMILES string of the molecule is COC(=O)C(c1ccc([N+](=O)[O-])cc1)C1CCN(c2ccccc2)CC1. The van der Waals surface area contributed by atoms with E-state index >= 15 is 0 Å². The Balaban J connectivity index is 1.75. The summed E-state index contributed by atoms with van der Waals surface area (Å²) in [6.45, 7) is 1.74. The van der Waals surface area contributed by atoms with Crippen LogP contribution in [-0.2, 0) is 9.53 Å². The van der Waals surface area contributed by atoms with E-state index in [0.29, 0.717) is 0 Å². The number of nitro groups is 1. The Hall–Kier alpha value is -2.89. The molecule has 0 saturated carbocycles. The molecule has 1 heterocycles. The van der Waals surface area contributed by atoms with Gasteiger partial charge in [-0.3, -0.25) is 14.9 Å². The maximum absolute atomic E-state index is 12.4. The lowest BCUT2D eigenvalue weighted by Gasteiger charge is -2.36. The number of hydrogen-bond donors (Lipinski definition) is 0. The first-order valence-corrected chi connectivity index (χ1v) is 8.72. The number of para-hydroxylation sites is 1. The van der Waals surface area contributed by atoms with Crippen molar-refractivity contribution in [1.29, 1.82) is 0 Å². The van der Waals surface area contributed by atoms with Crippen LogP contribution in [0.25, 0.3) is 0 Å². The highest BCUT2D eigenvalue weighted by atomic mass is 16.6. The third-order valence-corrected chi connectivity index (χ3v) is 5.05. The molecule has 1 saturated heterocycles. The Kier molecular flexibility index (Phi) is 5.51. The maximum atomic E-state index is 12.4. The Morgan fingerprint density at radius 1 is 1.12 bits per heavy atom. The highest BCUT2D eigenvalue weighted by molar-refractivity contribution is 5.78. The van der Waals surface area contributed by atoms with Crippen LogP contribution in [0.5, 0.6) is 0 Å². The quantitative estimate of drug-likeness (QED) is 0.464. The van der Waals surface area contributed by atoms with Crippen LogP contribution >= 0.6 is 0 Å². The van der Waals surface area contributed by atoms with Gasteiger partial charge in [0.15, 0.2) is 0 Å². The number of esters is 1. The molecule has 6 heteroatoms. The van der Waals surface area contributed by atoms with Crippen molar-refractivity contribution < 1.29 is 14.5 Å². The predicted molar refractivity (Wildman–Crippen MR) is 99.2 cm³/mol. The Morgan fingerprint density at radius 2 is 1.73 bits per heavy atom. The first kappa shape index (κ1) is 17.9. The number of piperidine rings is 1. The van der Waals surface area contributed by atoms with Gasteiger partial charge in [-0.25, -0.2) is 0 Å². The van der Waals surface area contributed by atoms with Gasteiger partial charge in [-0.05, 0) is 36.5 Å². The molecule has 1 aliphatic heterocycles. The fourth-order valence-electron chi connectivity index (χ4n) is 3.66. The normalized spacial score (nSPS) is 16.1. The molecule has 26 heavy (non-hydrogen) atoms. The standard InChI is InChI=1S/C20H22N2O4/c1-26-20(23)19(15-7-9-18(10-8-15)22(24)25)16-11-13-21(14-12-16)17-5-3-2-4-6-17/h2-10,16,19H,11-14H2,1H3. The van der Waals surface area contributed by atoms with Crippen LogP contribution in [0.1, 0.15) is 24.3 Å². The Morgan fingerprint density at radius 3 is 2.27 bits per heavy atom. The second kappa shape index (κ2) is 7.99. The highest BCUT2D eigenvalue weighted by Crippen LogP contribution is 2.35. The topological polar surface area (TPSA) is 72.7 Å². The minimum Gasteiger partial charge on any atom is -0.469 e. The molecule has 0 aromatic heterocycles. The predicted octanol–water partition coefficient (Wildman–Crippen LogP) is 3.77. The summed E-state index contributed by atoms with van der Waals surface area (Å²) < 4.78 is 5.02. The number of carbonyl (C=O) groups excluding carboxylic acids is 1. The monoisotopic (exact) mass is 354 g/mol. The Bertz CT molecular complexity index is 753. The van der Waals surface area contributed by atoms with Crippen LogP contribution in [0.2, 0.25) is 0 Å². The number of methoxy groups -OCH3 is 1. The molecule has 0 amide bonds. The number of carbonyl (C=O) groups is 1. The van der Waals surface area contributed by atoms with E-state index in [1.807, 2.05) is 18.2 Å². The summed E-state index contributed by atoms with van der Waals surface area (Å²) in [5.74, 6) is -0.514. The van der Waals surface area contributed by atoms with Crippen LogP contribution in [0.3, 0.4) is 0 Å². The lowest BCUT2D eigenvalue weighted by molar-refractivity contribution is -0.384. The summed E-state index contributed by atoms with van der Waals surface area (Å²) in [5, 5.41) is 10.9. The molecule has 1 fully saturated rings. The van der Waals surface area contributed by atoms with Crippen molar-refractivity contribution in [3.8, 4) is 0 Å². The molecule has 0 N–H and O–H groups in total. The van der Waals surface area contributed by atoms with Crippen LogP contribution in [0, 0.1) is 16.0 Å². The number of benzene rings is 2. The smallest absolute Gasteiger partial charge is 0.313 e. The molecular formula is C20H22N2O4. The molecule has 136 valence electrons. The van der Waals surface area contributed by atoms with Crippen LogP contribution in [0.15, 0.2) is 54.6 Å². The second-order valence-electron chi connectivity index (χ2n) is 6.51. The van der Waals surface area contributed by atoms with Gasteiger partial charge in [0.05, 0.1) is 18.0 Å². The second-order valence-corrected chi connectivity index (χ2v) is 6.51. The largest absolute Gasteiger partial charge is 0.469 e. The molecule has 6 nitrogen and oxygen atoms in total. The van der Waals surface area contributed by atoms with Gasteiger partial charge < -0.3 is 9.64 Å². The van der Waals surface area contributed by atoms with Gasteiger partial charge in [0.2, 0.25) is 0 Å². The van der Waals surface area contributed by atoms with Crippen molar-refractivity contribution in [2.45, 2.75) is 18.8 Å². The lowest BCUT2D eigenvalue weighted by atomic mass is 9.80. The molecule has 1 atom stereocenters. The van der Waals surface area contributed by atoms with Crippen molar-refractivity contribution in [2.24, 2.45) is 5.92 Å². The molecule has 2 aromatic rings. The zero-order valence-electron chi connectivity index (χ0n) is 14.7. The first-order valence-electron chi connectivity index (χ1n) is 8.72. The number of non-ortho nitro benzene ring substituents is 1. The van der Waals surface area contributed by atoms with E-state index < -0.39 is 10.8 Å². The molecule has 0 bridgehead atoms. The minimum absolute atomic E-state index is 0.0243. The average Bonchev–Trinajstić information content (AvgIpc) is 2.69. The summed E-state index contributed by atoms with van der Waals surface area (Å²) in [7, 11) is 1.39. The van der Waals surface area contributed by atoms with E-state index in [0.717, 1.165) is 31.5 Å². The number of rotatable bonds is 5. The highest BCUT2D eigenvalue weighted by Gasteiger charge is 2.33. The summed E-state index contributed by atoms with van der Waals surface area (Å²) in [6, 6.07) is 16.5. The molecular weight excluding hydrogens is 332 g/mol. The van der Waals surface area contributed by atoms with Crippen molar-refractivity contribution in [1.82, 2.24) is 0 Å². The fraction of sp³-hybridized carbons (Fsp3) is 0.350. The van der Waals surface area contributed by atoms with E-state index in [9.17, 15) is 14.9 Å². The summed E-state index contributed by atoms with van der Waals surface area (Å²) in [5.41, 5.74) is 1.99. The first-order chi connectivity index (χ1) is 12.6. The third-order valence-electron chi connectivity index (χ3n) is 5.05. The van der Waals surface area contributed by atoms with Gasteiger partial charge in [-0.2, -0.15) is 0 Å². The van der Waals surface area contributed by atoms with Crippen LogP contribution in [-0.4, -0.2) is 31.1 Å². The van der Waals surface area contributed by atoms with Gasteiger partial charge >= 0.3 is 5.97 Å². The van der Waals surface area contributed by atoms with Gasteiger partial charge in [0.25, 0.3) is 5.69 Å². The number of nitrogens with zero attached hydrogens (tertiary/aromatic N) is 2. The molecule has 3 rings (SSSR count). The number of ether oxygens (including phenoxy) is 1. The zero-order chi connectivity index (χ0) is 18.5. The van der Waals surface area contributed by atoms with E-state index in [1.165, 1.54) is 24.9 Å². The number of nitro benzene ring substituents is 1. The van der Waals surface area contributed by atoms with E-state index in [-0.39, 0.29) is 17.6 Å². The molecule has 0 radical (unpaired) electrons. The maximum Gasteiger partial charge on any atom is 0.313 e. The lowest BCUT2D eigenvalue weighted by Crippen LogP contribution is -2.37. The van der Waals surface area contributed by atoms with Crippen molar-refractivity contribution in [3.05, 3.63) is 70.3 Å². The minimum atomic E-state index is -0.435. The fourth-order valence-corrected chi connectivity index (χ4v) is 3.66. The van der Waals surface area contributed by atoms with E-state index in [2.05, 4.69) is 17.0 Å². The van der Waals surface area contributed by atoms with Crippen LogP contribution < -0.4 is 4.90 Å². The number of anilines is 1. The summed E-state index contributed by atoms with van der Waals surface area (Å²) in [6.07, 6.45) is 1.73. The van der Waals surface area contributed by atoms with Crippen LogP contribution in [0.4, 0.5) is 11.4 Å². The number of hydrogen-bond acceptors (Lipinski definition) is 5. The van der Waals surface area contributed by atoms with Crippen molar-refractivity contribution in [2.75, 3.05) is 25.1 Å². The molecule has 2 aromatic carbocycles. The van der Waals surface area contributed by atoms with E-state index in [4.69, 9.17) is 4.74 Å². The van der Waals surface area contributed by atoms with Gasteiger partial charge in [0, 0.05) is 30.9 Å². The zero-order valence-corrected chi connectivity index (χ0v) is 14.7. The molecule has 0 aliphatic carbocycles. The third kappa shape index (κ3) is 3.85. The van der Waals surface area contributed by atoms with Crippen molar-refractivity contribution >= 4 is 17.3 Å². The van der Waals surface area contributed by atoms with E-state index in [1.54, 1.807) is 12.1 Å². The average molecular weight is 354 g/mol. The molecule has 1 aliphatic rings.